The Morgan fingerprint density at radius 1 is 0.727 bits per heavy atom. The van der Waals surface area contributed by atoms with Gasteiger partial charge in [-0.15, -0.1) is 12.8 Å². The zero-order chi connectivity index (χ0) is 16.4. The maximum atomic E-state index is 5.06. The lowest BCUT2D eigenvalue weighted by Gasteiger charge is -2.13. The van der Waals surface area contributed by atoms with Gasteiger partial charge in [0.25, 0.3) is 0 Å². The molecule has 1 nitrogen and oxygen atoms in total. The number of hydrogen-bond donors (Lipinski definition) is 0. The Morgan fingerprint density at radius 2 is 1.18 bits per heavy atom. The van der Waals surface area contributed by atoms with Gasteiger partial charge in [0.15, 0.2) is 0 Å². The van der Waals surface area contributed by atoms with E-state index in [1.807, 2.05) is 26.0 Å². The van der Waals surface area contributed by atoms with Crippen LogP contribution in [0.2, 0.25) is 0 Å². The standard InChI is InChI=1S/C21H13N/c1-6-8-10-12-14-22(15-13-11-9-7-2)21-16-18(3)20(5)19(4)17-21/h1-2,16-17H,3-5H3. The predicted octanol–water partition coefficient (Wildman–Crippen LogP) is 2.61. The average molecular weight is 279 g/mol. The van der Waals surface area contributed by atoms with Gasteiger partial charge in [0.05, 0.1) is 5.69 Å². The fourth-order valence-corrected chi connectivity index (χ4v) is 1.60. The third-order valence-electron chi connectivity index (χ3n) is 2.90. The summed E-state index contributed by atoms with van der Waals surface area (Å²) < 4.78 is 0. The Balaban J connectivity index is 3.30. The van der Waals surface area contributed by atoms with Gasteiger partial charge in [0.2, 0.25) is 0 Å². The van der Waals surface area contributed by atoms with E-state index in [9.17, 15) is 0 Å². The van der Waals surface area contributed by atoms with Gasteiger partial charge < -0.3 is 0 Å². The van der Waals surface area contributed by atoms with Crippen LogP contribution >= 0.6 is 0 Å². The molecule has 0 atom stereocenters. The molecule has 0 N–H and O–H groups in total. The number of nitrogens with zero attached hydrogens (tertiary/aromatic N) is 1. The predicted molar refractivity (Wildman–Crippen MR) is 91.9 cm³/mol. The topological polar surface area (TPSA) is 3.24 Å². The van der Waals surface area contributed by atoms with E-state index < -0.39 is 0 Å². The molecule has 0 amide bonds. The van der Waals surface area contributed by atoms with Gasteiger partial charge in [0, 0.05) is 35.8 Å². The lowest BCUT2D eigenvalue weighted by atomic mass is 10.0. The average Bonchev–Trinajstić information content (AvgIpc) is 2.50. The Kier molecular flexibility index (Phi) is 6.37. The van der Waals surface area contributed by atoms with Gasteiger partial charge in [-0.05, 0) is 73.3 Å². The van der Waals surface area contributed by atoms with Crippen molar-refractivity contribution in [2.75, 3.05) is 4.90 Å². The summed E-state index contributed by atoms with van der Waals surface area (Å²) in [5.74, 6) is 19.7. The molecular formula is C21H13N. The second-order valence-corrected chi connectivity index (χ2v) is 4.30. The van der Waals surface area contributed by atoms with Crippen LogP contribution in [0, 0.1) is 93.1 Å². The molecule has 1 rings (SSSR count). The van der Waals surface area contributed by atoms with E-state index in [-0.39, 0.29) is 0 Å². The van der Waals surface area contributed by atoms with E-state index in [2.05, 4.69) is 66.4 Å². The molecule has 1 aromatic carbocycles. The summed E-state index contributed by atoms with van der Waals surface area (Å²) in [5.41, 5.74) is 4.41. The smallest absolute Gasteiger partial charge is 0.0642 e. The van der Waals surface area contributed by atoms with Crippen LogP contribution in [0.4, 0.5) is 5.69 Å². The number of anilines is 1. The molecule has 102 valence electrons. The molecule has 0 saturated heterocycles. The van der Waals surface area contributed by atoms with Crippen LogP contribution in [-0.2, 0) is 0 Å². The molecule has 0 fully saturated rings. The van der Waals surface area contributed by atoms with Crippen LogP contribution < -0.4 is 4.90 Å². The van der Waals surface area contributed by atoms with E-state index >= 15 is 0 Å². The summed E-state index contributed by atoms with van der Waals surface area (Å²) in [6, 6.07) is 9.70. The highest BCUT2D eigenvalue weighted by Crippen LogP contribution is 2.21. The highest BCUT2D eigenvalue weighted by atomic mass is 15.1. The molecule has 0 aromatic heterocycles. The van der Waals surface area contributed by atoms with Crippen molar-refractivity contribution in [3.8, 4) is 72.3 Å². The van der Waals surface area contributed by atoms with E-state index in [4.69, 9.17) is 12.8 Å². The minimum absolute atomic E-state index is 0.852. The van der Waals surface area contributed by atoms with Crippen molar-refractivity contribution in [3.05, 3.63) is 28.8 Å². The molecule has 0 aliphatic rings. The third-order valence-corrected chi connectivity index (χ3v) is 2.90. The SMILES string of the molecule is C#CC#CC#CN(C#CC#CC#C)c1cc(C)c(C)c(C)c1. The first kappa shape index (κ1) is 16.4. The number of benzene rings is 1. The van der Waals surface area contributed by atoms with Crippen LogP contribution in [0.25, 0.3) is 0 Å². The van der Waals surface area contributed by atoms with E-state index in [0.717, 1.165) is 16.8 Å². The Bertz CT molecular complexity index is 829. The second kappa shape index (κ2) is 8.53. The molecule has 22 heavy (non-hydrogen) atoms. The number of hydrogen-bond acceptors (Lipinski definition) is 1. The van der Waals surface area contributed by atoms with Crippen LogP contribution in [-0.4, -0.2) is 0 Å². The summed E-state index contributed by atoms with van der Waals surface area (Å²) in [7, 11) is 0. The lowest BCUT2D eigenvalue weighted by Crippen LogP contribution is -2.09. The van der Waals surface area contributed by atoms with Crippen molar-refractivity contribution < 1.29 is 0 Å². The number of rotatable bonds is 1. The van der Waals surface area contributed by atoms with E-state index in [0.29, 0.717) is 0 Å². The largest absolute Gasteiger partial charge is 0.226 e. The number of aryl methyl sites for hydroxylation is 2. The molecule has 0 bridgehead atoms. The monoisotopic (exact) mass is 279 g/mol. The zero-order valence-corrected chi connectivity index (χ0v) is 12.8. The minimum atomic E-state index is 0.852. The Hall–Kier alpha value is -3.62. The third kappa shape index (κ3) is 4.81. The van der Waals surface area contributed by atoms with Crippen molar-refractivity contribution in [1.29, 1.82) is 0 Å². The normalized spacial score (nSPS) is 7.14. The van der Waals surface area contributed by atoms with Crippen LogP contribution in [0.1, 0.15) is 16.7 Å². The molecule has 0 aliphatic carbocycles. The van der Waals surface area contributed by atoms with Crippen LogP contribution in [0.15, 0.2) is 12.1 Å². The fraction of sp³-hybridized carbons (Fsp3) is 0.143. The van der Waals surface area contributed by atoms with Crippen molar-refractivity contribution in [2.45, 2.75) is 20.8 Å². The van der Waals surface area contributed by atoms with Crippen LogP contribution in [0.5, 0.6) is 0 Å². The van der Waals surface area contributed by atoms with Gasteiger partial charge in [-0.1, -0.05) is 0 Å². The first-order valence-corrected chi connectivity index (χ1v) is 6.40. The highest BCUT2D eigenvalue weighted by molar-refractivity contribution is 5.63. The molecule has 0 heterocycles. The summed E-state index contributed by atoms with van der Waals surface area (Å²) in [6.07, 6.45) is 10.1. The van der Waals surface area contributed by atoms with Crippen molar-refractivity contribution in [2.24, 2.45) is 0 Å². The minimum Gasteiger partial charge on any atom is -0.226 e. The maximum absolute atomic E-state index is 5.06. The summed E-state index contributed by atoms with van der Waals surface area (Å²) >= 11 is 0. The Labute approximate surface area is 133 Å². The van der Waals surface area contributed by atoms with Crippen molar-refractivity contribution in [1.82, 2.24) is 0 Å². The molecule has 1 aromatic rings. The second-order valence-electron chi connectivity index (χ2n) is 4.30. The summed E-state index contributed by atoms with van der Waals surface area (Å²) in [4.78, 5) is 1.57. The van der Waals surface area contributed by atoms with Crippen molar-refractivity contribution >= 4 is 5.69 Å². The maximum Gasteiger partial charge on any atom is 0.0642 e. The highest BCUT2D eigenvalue weighted by Gasteiger charge is 2.05. The molecule has 0 aliphatic heterocycles. The van der Waals surface area contributed by atoms with Gasteiger partial charge in [-0.2, -0.15) is 0 Å². The fourth-order valence-electron chi connectivity index (χ4n) is 1.60. The van der Waals surface area contributed by atoms with Crippen LogP contribution in [0.3, 0.4) is 0 Å². The lowest BCUT2D eigenvalue weighted by molar-refractivity contribution is 1.24. The van der Waals surface area contributed by atoms with Gasteiger partial charge in [0.1, 0.15) is 0 Å². The first-order valence-electron chi connectivity index (χ1n) is 6.40. The molecule has 0 spiro atoms. The molecule has 1 heteroatoms. The van der Waals surface area contributed by atoms with E-state index in [1.54, 1.807) is 4.90 Å². The quantitative estimate of drug-likeness (QED) is 0.564. The molecular weight excluding hydrogens is 266 g/mol. The molecule has 0 unspecified atom stereocenters. The van der Waals surface area contributed by atoms with Gasteiger partial charge >= 0.3 is 0 Å². The first-order chi connectivity index (χ1) is 10.6. The molecule has 0 radical (unpaired) electrons. The van der Waals surface area contributed by atoms with Gasteiger partial charge in [-0.25, -0.2) is 4.90 Å². The summed E-state index contributed by atoms with van der Waals surface area (Å²) in [6.45, 7) is 6.16. The van der Waals surface area contributed by atoms with Crippen molar-refractivity contribution in [3.63, 3.8) is 0 Å². The molecule has 0 saturated carbocycles. The van der Waals surface area contributed by atoms with E-state index in [1.165, 1.54) is 5.56 Å². The van der Waals surface area contributed by atoms with Gasteiger partial charge in [-0.3, -0.25) is 0 Å². The summed E-state index contributed by atoms with van der Waals surface area (Å²) in [5, 5.41) is 0. The Morgan fingerprint density at radius 3 is 1.59 bits per heavy atom. The zero-order valence-electron chi connectivity index (χ0n) is 12.8. The number of terminal acetylenes is 2.